The van der Waals surface area contributed by atoms with Gasteiger partial charge in [0.2, 0.25) is 0 Å². The minimum absolute atomic E-state index is 0.417. The van der Waals surface area contributed by atoms with E-state index in [2.05, 4.69) is 15.0 Å². The van der Waals surface area contributed by atoms with Crippen LogP contribution in [-0.4, -0.2) is 28.0 Å². The first kappa shape index (κ1) is 12.4. The van der Waals surface area contributed by atoms with Gasteiger partial charge in [0, 0.05) is 6.92 Å². The fourth-order valence-corrected chi connectivity index (χ4v) is 2.17. The number of hydrogen-bond acceptors (Lipinski definition) is 5. The molecule has 0 aliphatic heterocycles. The smallest absolute Gasteiger partial charge is 0.340 e. The molecule has 0 fully saturated rings. The molecule has 1 aromatic carbocycles. The third kappa shape index (κ3) is 1.85. The molecule has 2 heterocycles. The van der Waals surface area contributed by atoms with Gasteiger partial charge in [0.1, 0.15) is 5.52 Å². The minimum atomic E-state index is -0.417. The third-order valence-electron chi connectivity index (χ3n) is 3.04. The van der Waals surface area contributed by atoms with Crippen LogP contribution in [0.15, 0.2) is 22.6 Å². The number of H-pyrrole nitrogens is 1. The Balaban J connectivity index is 2.21. The van der Waals surface area contributed by atoms with E-state index in [0.717, 1.165) is 11.2 Å². The van der Waals surface area contributed by atoms with E-state index in [1.165, 1.54) is 7.11 Å². The number of nitrogens with zero attached hydrogens (tertiary/aromatic N) is 2. The lowest BCUT2D eigenvalue weighted by atomic mass is 10.2. The number of ether oxygens (including phenoxy) is 1. The molecule has 0 aliphatic rings. The van der Waals surface area contributed by atoms with E-state index in [9.17, 15) is 4.79 Å². The van der Waals surface area contributed by atoms with Gasteiger partial charge in [-0.15, -0.1) is 0 Å². The molecule has 0 aliphatic carbocycles. The van der Waals surface area contributed by atoms with Crippen LogP contribution in [0.3, 0.4) is 0 Å². The maximum atomic E-state index is 11.7. The van der Waals surface area contributed by atoms with Crippen molar-refractivity contribution in [1.82, 2.24) is 15.0 Å². The zero-order valence-corrected chi connectivity index (χ0v) is 11.4. The van der Waals surface area contributed by atoms with E-state index in [-0.39, 0.29) is 0 Å². The van der Waals surface area contributed by atoms with Crippen LogP contribution < -0.4 is 0 Å². The number of nitrogens with one attached hydrogen (secondary N) is 1. The fourth-order valence-electron chi connectivity index (χ4n) is 2.17. The number of aryl methyl sites for hydroxylation is 2. The highest BCUT2D eigenvalue weighted by molar-refractivity contribution is 6.02. The Labute approximate surface area is 114 Å². The van der Waals surface area contributed by atoms with Gasteiger partial charge in [0.15, 0.2) is 17.5 Å². The van der Waals surface area contributed by atoms with Crippen molar-refractivity contribution in [2.24, 2.45) is 0 Å². The van der Waals surface area contributed by atoms with Crippen molar-refractivity contribution in [1.29, 1.82) is 0 Å². The highest BCUT2D eigenvalue weighted by atomic mass is 16.5. The number of imidazole rings is 1. The molecule has 0 radical (unpaired) electrons. The predicted octanol–water partition coefficient (Wildman–Crippen LogP) is 2.62. The van der Waals surface area contributed by atoms with Crippen molar-refractivity contribution in [3.05, 3.63) is 35.3 Å². The molecule has 0 unspecified atom stereocenters. The average molecular weight is 271 g/mol. The molecule has 1 N–H and O–H groups in total. The summed E-state index contributed by atoms with van der Waals surface area (Å²) in [5.41, 5.74) is 2.47. The number of para-hydroxylation sites is 1. The Hall–Kier alpha value is -2.63. The van der Waals surface area contributed by atoms with E-state index in [0.29, 0.717) is 28.6 Å². The van der Waals surface area contributed by atoms with Crippen molar-refractivity contribution in [3.63, 3.8) is 0 Å². The van der Waals surface area contributed by atoms with Crippen molar-refractivity contribution < 1.29 is 13.9 Å². The van der Waals surface area contributed by atoms with Crippen molar-refractivity contribution in [3.8, 4) is 11.6 Å². The van der Waals surface area contributed by atoms with E-state index in [4.69, 9.17) is 9.15 Å². The fraction of sp³-hybridized carbons (Fsp3) is 0.214. The molecule has 6 nitrogen and oxygen atoms in total. The summed E-state index contributed by atoms with van der Waals surface area (Å²) >= 11 is 0. The van der Waals surface area contributed by atoms with Crippen LogP contribution in [0.1, 0.15) is 21.9 Å². The van der Waals surface area contributed by atoms with Gasteiger partial charge < -0.3 is 14.1 Å². The number of carbonyl (C=O) groups is 1. The first-order valence-electron chi connectivity index (χ1n) is 6.11. The van der Waals surface area contributed by atoms with E-state index in [1.54, 1.807) is 19.1 Å². The lowest BCUT2D eigenvalue weighted by Crippen LogP contribution is -2.01. The number of aromatic amines is 1. The van der Waals surface area contributed by atoms with Gasteiger partial charge in [0.25, 0.3) is 0 Å². The zero-order valence-electron chi connectivity index (χ0n) is 11.4. The predicted molar refractivity (Wildman–Crippen MR) is 72.4 cm³/mol. The summed E-state index contributed by atoms with van der Waals surface area (Å²) in [6.07, 6.45) is 0. The second kappa shape index (κ2) is 4.48. The lowest BCUT2D eigenvalue weighted by molar-refractivity contribution is 0.0603. The summed E-state index contributed by atoms with van der Waals surface area (Å²) in [5, 5.41) is 0. The Morgan fingerprint density at radius 3 is 2.75 bits per heavy atom. The Bertz CT molecular complexity index is 801. The maximum Gasteiger partial charge on any atom is 0.340 e. The Morgan fingerprint density at radius 1 is 1.30 bits per heavy atom. The number of benzene rings is 1. The maximum absolute atomic E-state index is 11.7. The third-order valence-corrected chi connectivity index (χ3v) is 3.04. The molecule has 3 rings (SSSR count). The first-order valence-corrected chi connectivity index (χ1v) is 6.11. The van der Waals surface area contributed by atoms with Gasteiger partial charge in [-0.3, -0.25) is 0 Å². The Kier molecular flexibility index (Phi) is 2.78. The molecule has 6 heteroatoms. The number of methoxy groups -OCH3 is 1. The second-order valence-corrected chi connectivity index (χ2v) is 4.43. The number of aromatic nitrogens is 3. The van der Waals surface area contributed by atoms with Crippen LogP contribution in [0.25, 0.3) is 22.6 Å². The summed E-state index contributed by atoms with van der Waals surface area (Å²) in [5.74, 6) is 1.29. The van der Waals surface area contributed by atoms with E-state index < -0.39 is 5.97 Å². The topological polar surface area (TPSA) is 81.0 Å². The largest absolute Gasteiger partial charge is 0.465 e. The van der Waals surface area contributed by atoms with Crippen LogP contribution in [0, 0.1) is 13.8 Å². The molecule has 102 valence electrons. The first-order chi connectivity index (χ1) is 9.60. The minimum Gasteiger partial charge on any atom is -0.465 e. The lowest BCUT2D eigenvalue weighted by Gasteiger charge is -1.98. The summed E-state index contributed by atoms with van der Waals surface area (Å²) in [6.45, 7) is 3.62. The Morgan fingerprint density at radius 2 is 2.10 bits per heavy atom. The van der Waals surface area contributed by atoms with Crippen LogP contribution in [0.2, 0.25) is 0 Å². The van der Waals surface area contributed by atoms with Gasteiger partial charge in [-0.1, -0.05) is 6.07 Å². The van der Waals surface area contributed by atoms with E-state index >= 15 is 0 Å². The number of carbonyl (C=O) groups excluding carboxylic acids is 1. The highest BCUT2D eigenvalue weighted by Gasteiger charge is 2.18. The monoisotopic (exact) mass is 271 g/mol. The van der Waals surface area contributed by atoms with Gasteiger partial charge in [-0.25, -0.2) is 14.8 Å². The van der Waals surface area contributed by atoms with Gasteiger partial charge in [-0.05, 0) is 19.1 Å². The van der Waals surface area contributed by atoms with E-state index in [1.807, 2.05) is 13.0 Å². The summed E-state index contributed by atoms with van der Waals surface area (Å²) in [6, 6.07) is 5.29. The van der Waals surface area contributed by atoms with Crippen LogP contribution >= 0.6 is 0 Å². The average Bonchev–Trinajstić information content (AvgIpc) is 3.00. The number of hydrogen-bond donors (Lipinski definition) is 1. The molecular weight excluding hydrogens is 258 g/mol. The molecule has 20 heavy (non-hydrogen) atoms. The molecule has 0 atom stereocenters. The normalized spacial score (nSPS) is 10.9. The summed E-state index contributed by atoms with van der Waals surface area (Å²) in [4.78, 5) is 23.5. The van der Waals surface area contributed by atoms with Gasteiger partial charge >= 0.3 is 5.97 Å². The zero-order chi connectivity index (χ0) is 14.3. The second-order valence-electron chi connectivity index (χ2n) is 4.43. The van der Waals surface area contributed by atoms with Crippen molar-refractivity contribution in [2.75, 3.05) is 7.11 Å². The quantitative estimate of drug-likeness (QED) is 0.724. The standard InChI is InChI=1S/C14H13N3O3/c1-7-12(20-8(2)15-7)13-16-10-6-4-5-9(11(10)17-13)14(18)19-3/h4-6H,1-3H3,(H,16,17). The SMILES string of the molecule is COC(=O)c1cccc2[nH]c(-c3oc(C)nc3C)nc12. The van der Waals surface area contributed by atoms with Crippen LogP contribution in [0.4, 0.5) is 0 Å². The number of esters is 1. The summed E-state index contributed by atoms with van der Waals surface area (Å²) in [7, 11) is 1.35. The molecule has 0 bridgehead atoms. The van der Waals surface area contributed by atoms with Crippen LogP contribution in [0.5, 0.6) is 0 Å². The number of fused-ring (bicyclic) bond motifs is 1. The molecule has 0 amide bonds. The molecule has 2 aromatic heterocycles. The number of oxazole rings is 1. The molecule has 0 spiro atoms. The highest BCUT2D eigenvalue weighted by Crippen LogP contribution is 2.26. The number of rotatable bonds is 2. The van der Waals surface area contributed by atoms with Crippen molar-refractivity contribution >= 4 is 17.0 Å². The summed E-state index contributed by atoms with van der Waals surface area (Å²) < 4.78 is 10.3. The molecule has 3 aromatic rings. The van der Waals surface area contributed by atoms with Gasteiger partial charge in [-0.2, -0.15) is 0 Å². The van der Waals surface area contributed by atoms with Crippen molar-refractivity contribution in [2.45, 2.75) is 13.8 Å². The van der Waals surface area contributed by atoms with Gasteiger partial charge in [0.05, 0.1) is 23.9 Å². The molecule has 0 saturated heterocycles. The molecule has 0 saturated carbocycles. The molecular formula is C14H13N3O3. The van der Waals surface area contributed by atoms with Crippen LogP contribution in [-0.2, 0) is 4.74 Å².